The molecule has 3 heterocycles. The molecule has 164 valence electrons. The summed E-state index contributed by atoms with van der Waals surface area (Å²) in [6, 6.07) is 5.02. The predicted molar refractivity (Wildman–Crippen MR) is 107 cm³/mol. The highest BCUT2D eigenvalue weighted by Gasteiger charge is 2.18. The Morgan fingerprint density at radius 1 is 1.29 bits per heavy atom. The van der Waals surface area contributed by atoms with Gasteiger partial charge in [0.1, 0.15) is 25.0 Å². The summed E-state index contributed by atoms with van der Waals surface area (Å²) in [4.78, 5) is 41.4. The van der Waals surface area contributed by atoms with E-state index in [1.54, 1.807) is 25.2 Å². The van der Waals surface area contributed by atoms with Crippen LogP contribution < -0.4 is 30.8 Å². The van der Waals surface area contributed by atoms with Crippen LogP contribution in [-0.2, 0) is 25.4 Å². The smallest absolute Gasteiger partial charge is 0.332 e. The Hall–Kier alpha value is -3.80. The molecule has 0 saturated heterocycles. The van der Waals surface area contributed by atoms with Gasteiger partial charge in [-0.3, -0.25) is 14.2 Å². The van der Waals surface area contributed by atoms with Crippen molar-refractivity contribution < 1.29 is 24.1 Å². The zero-order valence-corrected chi connectivity index (χ0v) is 16.9. The molecule has 0 saturated carbocycles. The lowest BCUT2D eigenvalue weighted by atomic mass is 10.3. The van der Waals surface area contributed by atoms with Gasteiger partial charge in [-0.1, -0.05) is 0 Å². The van der Waals surface area contributed by atoms with Crippen LogP contribution in [0.2, 0.25) is 0 Å². The van der Waals surface area contributed by atoms with Crippen molar-refractivity contribution in [2.24, 2.45) is 14.1 Å². The number of aryl methyl sites for hydroxylation is 2. The average molecular weight is 431 g/mol. The molecule has 31 heavy (non-hydrogen) atoms. The van der Waals surface area contributed by atoms with Crippen LogP contribution in [0.4, 0.5) is 0 Å². The zero-order chi connectivity index (χ0) is 22.1. The van der Waals surface area contributed by atoms with Gasteiger partial charge in [0, 0.05) is 26.7 Å². The van der Waals surface area contributed by atoms with E-state index in [0.29, 0.717) is 17.2 Å². The average Bonchev–Trinajstić information content (AvgIpc) is 3.38. The third kappa shape index (κ3) is 3.97. The van der Waals surface area contributed by atoms with E-state index in [1.807, 2.05) is 0 Å². The Morgan fingerprint density at radius 2 is 2.06 bits per heavy atom. The molecule has 3 aromatic rings. The Morgan fingerprint density at radius 3 is 2.87 bits per heavy atom. The summed E-state index contributed by atoms with van der Waals surface area (Å²) < 4.78 is 19.5. The van der Waals surface area contributed by atoms with E-state index >= 15 is 0 Å². The number of imidazole rings is 1. The Bertz CT molecular complexity index is 1260. The summed E-state index contributed by atoms with van der Waals surface area (Å²) in [5.41, 5.74) is -0.810. The topological polar surface area (TPSA) is 139 Å². The molecular weight excluding hydrogens is 410 g/mol. The number of nitrogens with zero attached hydrogens (tertiary/aromatic N) is 4. The number of amides is 1. The van der Waals surface area contributed by atoms with Crippen molar-refractivity contribution in [1.82, 2.24) is 24.0 Å². The summed E-state index contributed by atoms with van der Waals surface area (Å²) in [7, 11) is 3.10. The zero-order valence-electron chi connectivity index (χ0n) is 16.9. The van der Waals surface area contributed by atoms with Crippen molar-refractivity contribution in [3.05, 3.63) is 45.4 Å². The number of nitrogens with one attached hydrogen (secondary N) is 1. The van der Waals surface area contributed by atoms with Gasteiger partial charge in [0.25, 0.3) is 5.56 Å². The fraction of sp³-hybridized carbons (Fsp3) is 0.368. The van der Waals surface area contributed by atoms with E-state index in [4.69, 9.17) is 14.2 Å². The Balaban J connectivity index is 1.34. The van der Waals surface area contributed by atoms with E-state index in [2.05, 4.69) is 10.3 Å². The van der Waals surface area contributed by atoms with Crippen molar-refractivity contribution in [1.29, 1.82) is 0 Å². The predicted octanol–water partition coefficient (Wildman–Crippen LogP) is -1.28. The van der Waals surface area contributed by atoms with Crippen LogP contribution in [0.15, 0.2) is 34.1 Å². The summed E-state index contributed by atoms with van der Waals surface area (Å²) in [5.74, 6) is 1.06. The highest BCUT2D eigenvalue weighted by atomic mass is 16.7. The standard InChI is InChI=1S/C19H21N5O7/c1-22-9-21-17-16(22)18(27)24(19(28)23(17)2)7-15(26)20-6-11(25)8-29-12-3-4-13-14(5-12)31-10-30-13/h3-5,9,11,25H,6-8,10H2,1-2H3,(H,20,26). The van der Waals surface area contributed by atoms with E-state index in [1.165, 1.54) is 22.5 Å². The normalized spacial score (nSPS) is 13.4. The van der Waals surface area contributed by atoms with Gasteiger partial charge in [-0.25, -0.2) is 14.3 Å². The SMILES string of the molecule is Cn1cnc2c1c(=O)n(CC(=O)NCC(O)COc1ccc3c(c1)OCO3)c(=O)n2C. The lowest BCUT2D eigenvalue weighted by Gasteiger charge is -2.14. The fourth-order valence-corrected chi connectivity index (χ4v) is 3.18. The summed E-state index contributed by atoms with van der Waals surface area (Å²) in [6.07, 6.45) is 0.417. The number of carbonyl (C=O) groups is 1. The van der Waals surface area contributed by atoms with Crippen LogP contribution in [0.5, 0.6) is 17.2 Å². The minimum Gasteiger partial charge on any atom is -0.491 e. The monoisotopic (exact) mass is 431 g/mol. The molecule has 1 aromatic carbocycles. The molecule has 12 heteroatoms. The van der Waals surface area contributed by atoms with Crippen LogP contribution in [0.1, 0.15) is 0 Å². The quantitative estimate of drug-likeness (QED) is 0.472. The second-order valence-electron chi connectivity index (χ2n) is 7.04. The molecule has 0 radical (unpaired) electrons. The van der Waals surface area contributed by atoms with Crippen molar-refractivity contribution in [2.45, 2.75) is 12.6 Å². The first kappa shape index (κ1) is 20.5. The highest BCUT2D eigenvalue weighted by molar-refractivity contribution is 5.76. The van der Waals surface area contributed by atoms with Crippen LogP contribution in [0, 0.1) is 0 Å². The maximum absolute atomic E-state index is 12.6. The van der Waals surface area contributed by atoms with Crippen LogP contribution in [0.3, 0.4) is 0 Å². The summed E-state index contributed by atoms with van der Waals surface area (Å²) in [6.45, 7) is -0.537. The molecule has 0 aliphatic carbocycles. The van der Waals surface area contributed by atoms with Gasteiger partial charge in [0.15, 0.2) is 22.7 Å². The number of rotatable bonds is 7. The second-order valence-corrected chi connectivity index (χ2v) is 7.04. The first-order valence-corrected chi connectivity index (χ1v) is 9.43. The first-order valence-electron chi connectivity index (χ1n) is 9.43. The fourth-order valence-electron chi connectivity index (χ4n) is 3.18. The number of carbonyl (C=O) groups excluding carboxylic acids is 1. The minimum atomic E-state index is -1.01. The number of benzene rings is 1. The van der Waals surface area contributed by atoms with Gasteiger partial charge in [-0.05, 0) is 12.1 Å². The van der Waals surface area contributed by atoms with Crippen LogP contribution in [0.25, 0.3) is 11.2 Å². The van der Waals surface area contributed by atoms with Crippen LogP contribution in [-0.4, -0.2) is 55.7 Å². The summed E-state index contributed by atoms with van der Waals surface area (Å²) in [5, 5.41) is 12.6. The van der Waals surface area contributed by atoms with Gasteiger partial charge < -0.3 is 29.2 Å². The largest absolute Gasteiger partial charge is 0.491 e. The molecule has 2 N–H and O–H groups in total. The van der Waals surface area contributed by atoms with Crippen molar-refractivity contribution in [3.8, 4) is 17.2 Å². The van der Waals surface area contributed by atoms with Crippen molar-refractivity contribution in [3.63, 3.8) is 0 Å². The molecule has 0 spiro atoms. The van der Waals surface area contributed by atoms with E-state index < -0.39 is 29.8 Å². The van der Waals surface area contributed by atoms with E-state index in [-0.39, 0.29) is 31.1 Å². The number of hydrogen-bond acceptors (Lipinski definition) is 8. The second kappa shape index (κ2) is 8.14. The number of aliphatic hydroxyl groups excluding tert-OH is 1. The molecule has 0 bridgehead atoms. The van der Waals surface area contributed by atoms with Crippen molar-refractivity contribution in [2.75, 3.05) is 19.9 Å². The molecule has 1 aliphatic heterocycles. The van der Waals surface area contributed by atoms with E-state index in [9.17, 15) is 19.5 Å². The Labute approximate surface area is 175 Å². The number of aliphatic hydroxyl groups is 1. The van der Waals surface area contributed by atoms with Crippen molar-refractivity contribution >= 4 is 17.1 Å². The molecule has 4 rings (SSSR count). The van der Waals surface area contributed by atoms with Gasteiger partial charge in [-0.15, -0.1) is 0 Å². The molecule has 1 atom stereocenters. The lowest BCUT2D eigenvalue weighted by molar-refractivity contribution is -0.122. The molecule has 1 aliphatic rings. The third-order valence-electron chi connectivity index (χ3n) is 4.82. The van der Waals surface area contributed by atoms with Gasteiger partial charge in [-0.2, -0.15) is 0 Å². The van der Waals surface area contributed by atoms with Gasteiger partial charge in [0.2, 0.25) is 12.7 Å². The molecule has 1 amide bonds. The maximum atomic E-state index is 12.6. The Kier molecular flexibility index (Phi) is 5.38. The minimum absolute atomic E-state index is 0.0807. The van der Waals surface area contributed by atoms with Crippen LogP contribution >= 0.6 is 0 Å². The summed E-state index contributed by atoms with van der Waals surface area (Å²) >= 11 is 0. The first-order chi connectivity index (χ1) is 14.8. The van der Waals surface area contributed by atoms with Gasteiger partial charge >= 0.3 is 5.69 Å². The molecule has 1 unspecified atom stereocenters. The molecule has 0 fully saturated rings. The molecule has 12 nitrogen and oxygen atoms in total. The lowest BCUT2D eigenvalue weighted by Crippen LogP contribution is -2.45. The maximum Gasteiger partial charge on any atom is 0.332 e. The molecular formula is C19H21N5O7. The highest BCUT2D eigenvalue weighted by Crippen LogP contribution is 2.35. The number of ether oxygens (including phenoxy) is 3. The van der Waals surface area contributed by atoms with Gasteiger partial charge in [0.05, 0.1) is 6.33 Å². The molecule has 2 aromatic heterocycles. The third-order valence-corrected chi connectivity index (χ3v) is 4.82. The number of hydrogen-bond donors (Lipinski definition) is 2. The van der Waals surface area contributed by atoms with E-state index in [0.717, 1.165) is 4.57 Å². The number of aromatic nitrogens is 4. The number of fused-ring (bicyclic) bond motifs is 2.